The largest absolute Gasteiger partial charge is 0.289 e. The van der Waals surface area contributed by atoms with E-state index in [1.54, 1.807) is 40.9 Å². The predicted octanol–water partition coefficient (Wildman–Crippen LogP) is 9.20. The number of thiophene rings is 4. The first kappa shape index (κ1) is 23.8. The molecule has 37 heavy (non-hydrogen) atoms. The molecule has 0 saturated carbocycles. The molecule has 0 aliphatic heterocycles. The number of carbonyl (C=O) groups excluding carboxylic acids is 1. The maximum Gasteiger partial charge on any atom is 0.194 e. The molecule has 0 fully saturated rings. The second-order valence-corrected chi connectivity index (χ2v) is 13.2. The predicted molar refractivity (Wildman–Crippen MR) is 157 cm³/mol. The number of ketones is 1. The fourth-order valence-electron chi connectivity index (χ4n) is 4.87. The van der Waals surface area contributed by atoms with Gasteiger partial charge in [0.2, 0.25) is 0 Å². The lowest BCUT2D eigenvalue weighted by atomic mass is 9.99. The summed E-state index contributed by atoms with van der Waals surface area (Å²) in [5, 5.41) is 21.2. The number of aryl methyl sites for hydroxylation is 2. The van der Waals surface area contributed by atoms with Gasteiger partial charge in [0.1, 0.15) is 17.7 Å². The van der Waals surface area contributed by atoms with Crippen LogP contribution in [0.15, 0.2) is 71.1 Å². The first-order valence-electron chi connectivity index (χ1n) is 11.6. The summed E-state index contributed by atoms with van der Waals surface area (Å²) in [6, 6.07) is 19.7. The van der Waals surface area contributed by atoms with Crippen LogP contribution in [0.2, 0.25) is 0 Å². The molecule has 3 nitrogen and oxygen atoms in total. The summed E-state index contributed by atoms with van der Waals surface area (Å²) in [6.07, 6.45) is 2.44. The average Bonchev–Trinajstić information content (AvgIpc) is 3.71. The van der Waals surface area contributed by atoms with Crippen molar-refractivity contribution < 1.29 is 4.79 Å². The van der Waals surface area contributed by atoms with E-state index in [2.05, 4.69) is 43.5 Å². The summed E-state index contributed by atoms with van der Waals surface area (Å²) < 4.78 is 2.70. The highest BCUT2D eigenvalue weighted by molar-refractivity contribution is 7.31. The fourth-order valence-corrected chi connectivity index (χ4v) is 9.78. The number of allylic oxidation sites excluding steroid dienone is 4. The topological polar surface area (TPSA) is 64.7 Å². The Hall–Kier alpha value is -3.59. The molecule has 6 rings (SSSR count). The van der Waals surface area contributed by atoms with Crippen LogP contribution in [-0.2, 0) is 6.42 Å². The molecule has 1 aliphatic rings. The Kier molecular flexibility index (Phi) is 6.03. The molecule has 4 aromatic heterocycles. The van der Waals surface area contributed by atoms with Crippen molar-refractivity contribution >= 4 is 66.1 Å². The average molecular weight is 551 g/mol. The summed E-state index contributed by atoms with van der Waals surface area (Å²) in [6.45, 7) is 4.40. The summed E-state index contributed by atoms with van der Waals surface area (Å²) in [4.78, 5) is 19.5. The molecule has 0 bridgehead atoms. The standard InChI is InChI=1S/C30H18N2OS4/c1-16-25(23-8-5-13-34-23)29-30(35-16)26(17(2)36-29)24-12-10-19(37-24)9-11-22-27(18(14-31)15-32)20-6-3-4-7-21(20)28(22)33/h3-8,10-13H,9H2,1-2H3/b22-11-. The van der Waals surface area contributed by atoms with Crippen molar-refractivity contribution in [2.75, 3.05) is 0 Å². The van der Waals surface area contributed by atoms with E-state index in [-0.39, 0.29) is 11.4 Å². The van der Waals surface area contributed by atoms with Crippen LogP contribution in [0.5, 0.6) is 0 Å². The normalized spacial score (nSPS) is 13.8. The lowest BCUT2D eigenvalue weighted by Crippen LogP contribution is -1.96. The second kappa shape index (κ2) is 9.37. The van der Waals surface area contributed by atoms with Crippen LogP contribution in [0.25, 0.3) is 35.9 Å². The van der Waals surface area contributed by atoms with Crippen LogP contribution < -0.4 is 0 Å². The van der Waals surface area contributed by atoms with Gasteiger partial charge in [-0.3, -0.25) is 4.79 Å². The van der Waals surface area contributed by atoms with Crippen molar-refractivity contribution in [3.8, 4) is 33.0 Å². The Morgan fingerprint density at radius 2 is 1.51 bits per heavy atom. The highest BCUT2D eigenvalue weighted by atomic mass is 32.1. The van der Waals surface area contributed by atoms with Crippen molar-refractivity contribution in [3.63, 3.8) is 0 Å². The number of hydrogen-bond acceptors (Lipinski definition) is 7. The highest BCUT2D eigenvalue weighted by Gasteiger charge is 2.32. The maximum atomic E-state index is 13.2. The molecular weight excluding hydrogens is 533 g/mol. The van der Waals surface area contributed by atoms with E-state index < -0.39 is 0 Å². The van der Waals surface area contributed by atoms with Crippen molar-refractivity contribution in [1.29, 1.82) is 10.5 Å². The number of fused-ring (bicyclic) bond motifs is 2. The molecule has 0 N–H and O–H groups in total. The Bertz CT molecular complexity index is 1840. The van der Waals surface area contributed by atoms with Crippen LogP contribution in [-0.4, -0.2) is 5.78 Å². The molecular formula is C30H18N2OS4. The van der Waals surface area contributed by atoms with Gasteiger partial charge in [-0.05, 0) is 43.0 Å². The summed E-state index contributed by atoms with van der Waals surface area (Å²) >= 11 is 7.25. The van der Waals surface area contributed by atoms with E-state index in [0.717, 1.165) is 4.88 Å². The summed E-state index contributed by atoms with van der Waals surface area (Å²) in [5.74, 6) is -0.129. The maximum absolute atomic E-state index is 13.2. The quantitative estimate of drug-likeness (QED) is 0.165. The minimum absolute atomic E-state index is 0.0256. The molecule has 7 heteroatoms. The van der Waals surface area contributed by atoms with Gasteiger partial charge in [0.15, 0.2) is 5.78 Å². The van der Waals surface area contributed by atoms with Crippen molar-refractivity contribution in [2.24, 2.45) is 0 Å². The second-order valence-electron chi connectivity index (χ2n) is 8.64. The number of benzene rings is 1. The van der Waals surface area contributed by atoms with E-state index in [4.69, 9.17) is 0 Å². The van der Waals surface area contributed by atoms with Gasteiger partial charge >= 0.3 is 0 Å². The van der Waals surface area contributed by atoms with Crippen molar-refractivity contribution in [2.45, 2.75) is 20.3 Å². The van der Waals surface area contributed by atoms with Gasteiger partial charge in [-0.25, -0.2) is 0 Å². The third-order valence-electron chi connectivity index (χ3n) is 6.49. The van der Waals surface area contributed by atoms with Crippen LogP contribution in [0, 0.1) is 36.5 Å². The number of Topliss-reactive ketones (excluding diaryl/α,β-unsaturated/α-hetero) is 1. The zero-order chi connectivity index (χ0) is 25.7. The minimum Gasteiger partial charge on any atom is -0.289 e. The molecule has 0 atom stereocenters. The smallest absolute Gasteiger partial charge is 0.194 e. The number of rotatable bonds is 4. The van der Waals surface area contributed by atoms with Gasteiger partial charge in [-0.2, -0.15) is 10.5 Å². The zero-order valence-corrected chi connectivity index (χ0v) is 23.2. The molecule has 0 saturated heterocycles. The molecule has 0 spiro atoms. The highest BCUT2D eigenvalue weighted by Crippen LogP contribution is 2.51. The van der Waals surface area contributed by atoms with Crippen LogP contribution in [0.4, 0.5) is 0 Å². The van der Waals surface area contributed by atoms with Crippen LogP contribution >= 0.6 is 45.3 Å². The Morgan fingerprint density at radius 3 is 2.16 bits per heavy atom. The Balaban J connectivity index is 1.37. The van der Waals surface area contributed by atoms with Gasteiger partial charge in [0, 0.05) is 58.6 Å². The SMILES string of the molecule is Cc1sc2c(-c3ccc(C/C=C4\C(=O)c5ccccc5C4=C(C#N)C#N)s3)c(C)sc2c1-c1cccs1. The van der Waals surface area contributed by atoms with Crippen LogP contribution in [0.3, 0.4) is 0 Å². The fraction of sp³-hybridized carbons (Fsp3) is 0.100. The lowest BCUT2D eigenvalue weighted by molar-refractivity contribution is 0.104. The summed E-state index contributed by atoms with van der Waals surface area (Å²) in [5.41, 5.74) is 4.74. The first-order valence-corrected chi connectivity index (χ1v) is 14.9. The molecule has 1 aliphatic carbocycles. The Labute approximate surface area is 230 Å². The molecule has 0 unspecified atom stereocenters. The van der Waals surface area contributed by atoms with Gasteiger partial charge in [-0.1, -0.05) is 36.4 Å². The molecule has 0 radical (unpaired) electrons. The molecule has 0 amide bonds. The minimum atomic E-state index is -0.129. The molecule has 4 heterocycles. The number of hydrogen-bond donors (Lipinski definition) is 0. The van der Waals surface area contributed by atoms with Gasteiger partial charge in [0.25, 0.3) is 0 Å². The zero-order valence-electron chi connectivity index (χ0n) is 19.9. The Morgan fingerprint density at radius 1 is 0.838 bits per heavy atom. The van der Waals surface area contributed by atoms with Gasteiger partial charge in [0.05, 0.1) is 9.40 Å². The third-order valence-corrected chi connectivity index (χ3v) is 10.9. The van der Waals surface area contributed by atoms with Crippen LogP contribution in [0.1, 0.15) is 30.6 Å². The number of nitrogens with zero attached hydrogens (tertiary/aromatic N) is 2. The van der Waals surface area contributed by atoms with E-state index in [1.165, 1.54) is 40.0 Å². The van der Waals surface area contributed by atoms with E-state index >= 15 is 0 Å². The van der Waals surface area contributed by atoms with Crippen molar-refractivity contribution in [3.05, 3.63) is 96.9 Å². The van der Waals surface area contributed by atoms with E-state index in [0.29, 0.717) is 28.7 Å². The van der Waals surface area contributed by atoms with E-state index in [1.807, 2.05) is 47.0 Å². The third kappa shape index (κ3) is 3.83. The number of nitriles is 2. The molecule has 1 aromatic carbocycles. The first-order chi connectivity index (χ1) is 18.0. The monoisotopic (exact) mass is 550 g/mol. The number of carbonyl (C=O) groups is 1. The van der Waals surface area contributed by atoms with Gasteiger partial charge in [-0.15, -0.1) is 45.3 Å². The summed E-state index contributed by atoms with van der Waals surface area (Å²) in [7, 11) is 0. The molecule has 5 aromatic rings. The van der Waals surface area contributed by atoms with Crippen molar-refractivity contribution in [1.82, 2.24) is 0 Å². The lowest BCUT2D eigenvalue weighted by Gasteiger charge is -2.01. The van der Waals surface area contributed by atoms with Gasteiger partial charge < -0.3 is 0 Å². The van der Waals surface area contributed by atoms with E-state index in [9.17, 15) is 15.3 Å². The molecule has 178 valence electrons.